The third kappa shape index (κ3) is 2.70. The average molecular weight is 276 g/mol. The number of aryl methyl sites for hydroxylation is 1. The molecule has 0 amide bonds. The molecule has 0 bridgehead atoms. The van der Waals surface area contributed by atoms with Crippen molar-refractivity contribution in [2.45, 2.75) is 18.8 Å². The van der Waals surface area contributed by atoms with Crippen molar-refractivity contribution < 1.29 is 0 Å². The summed E-state index contributed by atoms with van der Waals surface area (Å²) in [5, 5.41) is 12.4. The number of hydrogen-bond acceptors (Lipinski definition) is 2. The van der Waals surface area contributed by atoms with Gasteiger partial charge in [0, 0.05) is 5.92 Å². The second-order valence-electron chi connectivity index (χ2n) is 5.77. The van der Waals surface area contributed by atoms with Crippen LogP contribution in [-0.2, 0) is 6.42 Å². The van der Waals surface area contributed by atoms with Crippen LogP contribution in [0.4, 0.5) is 0 Å². The van der Waals surface area contributed by atoms with E-state index in [1.54, 1.807) is 0 Å². The van der Waals surface area contributed by atoms with Gasteiger partial charge in [-0.1, -0.05) is 36.4 Å². The fourth-order valence-corrected chi connectivity index (χ4v) is 3.55. The first-order valence-electron chi connectivity index (χ1n) is 7.56. The summed E-state index contributed by atoms with van der Waals surface area (Å²) in [6.45, 7) is 1.03. The Balaban J connectivity index is 2.07. The highest BCUT2D eigenvalue weighted by Gasteiger charge is 2.30. The molecule has 0 aromatic heterocycles. The van der Waals surface area contributed by atoms with Crippen molar-refractivity contribution in [1.82, 2.24) is 5.32 Å². The molecule has 0 aliphatic heterocycles. The van der Waals surface area contributed by atoms with E-state index in [0.29, 0.717) is 11.8 Å². The first-order valence-corrected chi connectivity index (χ1v) is 7.56. The second kappa shape index (κ2) is 6.11. The second-order valence-corrected chi connectivity index (χ2v) is 5.77. The first kappa shape index (κ1) is 13.9. The third-order valence-electron chi connectivity index (χ3n) is 4.49. The van der Waals surface area contributed by atoms with Crippen LogP contribution in [-0.4, -0.2) is 13.6 Å². The molecule has 2 aromatic carbocycles. The maximum atomic E-state index is 9.10. The highest BCUT2D eigenvalue weighted by molar-refractivity contribution is 5.45. The van der Waals surface area contributed by atoms with Crippen molar-refractivity contribution in [1.29, 1.82) is 5.26 Å². The van der Waals surface area contributed by atoms with E-state index < -0.39 is 0 Å². The van der Waals surface area contributed by atoms with Gasteiger partial charge in [0.15, 0.2) is 0 Å². The molecule has 0 radical (unpaired) electrons. The van der Waals surface area contributed by atoms with Crippen LogP contribution in [0, 0.1) is 17.2 Å². The van der Waals surface area contributed by atoms with Crippen molar-refractivity contribution in [2.24, 2.45) is 5.92 Å². The quantitative estimate of drug-likeness (QED) is 0.931. The molecular formula is C19H20N2. The van der Waals surface area contributed by atoms with Gasteiger partial charge in [0.1, 0.15) is 0 Å². The maximum absolute atomic E-state index is 9.10. The molecule has 21 heavy (non-hydrogen) atoms. The number of nitriles is 1. The molecule has 0 spiro atoms. The van der Waals surface area contributed by atoms with Gasteiger partial charge >= 0.3 is 0 Å². The van der Waals surface area contributed by atoms with Gasteiger partial charge in [-0.2, -0.15) is 5.26 Å². The van der Waals surface area contributed by atoms with Gasteiger partial charge in [0.05, 0.1) is 11.6 Å². The van der Waals surface area contributed by atoms with Gasteiger partial charge in [-0.3, -0.25) is 0 Å². The van der Waals surface area contributed by atoms with Crippen molar-refractivity contribution in [3.63, 3.8) is 0 Å². The minimum Gasteiger partial charge on any atom is -0.319 e. The summed E-state index contributed by atoms with van der Waals surface area (Å²) in [6, 6.07) is 19.2. The summed E-state index contributed by atoms with van der Waals surface area (Å²) in [5.74, 6) is 1.04. The van der Waals surface area contributed by atoms with E-state index in [4.69, 9.17) is 5.26 Å². The summed E-state index contributed by atoms with van der Waals surface area (Å²) in [4.78, 5) is 0. The summed E-state index contributed by atoms with van der Waals surface area (Å²) in [7, 11) is 2.02. The van der Waals surface area contributed by atoms with Crippen molar-refractivity contribution in [3.05, 3.63) is 70.8 Å². The van der Waals surface area contributed by atoms with Crippen LogP contribution in [0.1, 0.15) is 34.6 Å². The van der Waals surface area contributed by atoms with Gasteiger partial charge in [-0.25, -0.2) is 0 Å². The number of nitrogens with zero attached hydrogens (tertiary/aromatic N) is 1. The molecule has 0 saturated heterocycles. The van der Waals surface area contributed by atoms with Crippen LogP contribution in [0.25, 0.3) is 0 Å². The number of fused-ring (bicyclic) bond motifs is 1. The fraction of sp³-hybridized carbons (Fsp3) is 0.316. The van der Waals surface area contributed by atoms with E-state index >= 15 is 0 Å². The summed E-state index contributed by atoms with van der Waals surface area (Å²) in [6.07, 6.45) is 2.24. The highest BCUT2D eigenvalue weighted by Crippen LogP contribution is 2.40. The molecule has 106 valence electrons. The van der Waals surface area contributed by atoms with Crippen molar-refractivity contribution in [3.8, 4) is 6.07 Å². The van der Waals surface area contributed by atoms with Crippen molar-refractivity contribution in [2.75, 3.05) is 13.6 Å². The molecule has 3 rings (SSSR count). The van der Waals surface area contributed by atoms with Crippen LogP contribution in [0.5, 0.6) is 0 Å². The lowest BCUT2D eigenvalue weighted by atomic mass is 9.71. The molecule has 2 atom stereocenters. The zero-order chi connectivity index (χ0) is 14.7. The maximum Gasteiger partial charge on any atom is 0.0991 e. The van der Waals surface area contributed by atoms with Crippen molar-refractivity contribution >= 4 is 0 Å². The standard InChI is InChI=1S/C19H20N2/c1-21-13-17-9-8-16-11-14(12-20)7-10-18(16)19(17)15-5-3-2-4-6-15/h2-7,10-11,17,19,21H,8-9,13H2,1H3/t17-,19+/m1/s1. The first-order chi connectivity index (χ1) is 10.3. The lowest BCUT2D eigenvalue weighted by Crippen LogP contribution is -2.29. The average Bonchev–Trinajstić information content (AvgIpc) is 2.55. The van der Waals surface area contributed by atoms with E-state index in [0.717, 1.165) is 18.5 Å². The van der Waals surface area contributed by atoms with Gasteiger partial charge in [0.2, 0.25) is 0 Å². The Morgan fingerprint density at radius 1 is 1.19 bits per heavy atom. The fourth-order valence-electron chi connectivity index (χ4n) is 3.55. The normalized spacial score (nSPS) is 20.6. The van der Waals surface area contributed by atoms with Gasteiger partial charge in [-0.15, -0.1) is 0 Å². The lowest BCUT2D eigenvalue weighted by Gasteiger charge is -2.34. The third-order valence-corrected chi connectivity index (χ3v) is 4.49. The van der Waals surface area contributed by atoms with Crippen LogP contribution < -0.4 is 5.32 Å². The topological polar surface area (TPSA) is 35.8 Å². The van der Waals surface area contributed by atoms with E-state index in [1.807, 2.05) is 13.1 Å². The zero-order valence-electron chi connectivity index (χ0n) is 12.3. The SMILES string of the molecule is CNC[C@H]1CCc2cc(C#N)ccc2[C@H]1c1ccccc1. The predicted octanol–water partition coefficient (Wildman–Crippen LogP) is 3.47. The number of nitrogens with one attached hydrogen (secondary N) is 1. The molecule has 1 aliphatic rings. The molecule has 2 heteroatoms. The Labute approximate surface area is 126 Å². The van der Waals surface area contributed by atoms with Crippen LogP contribution in [0.3, 0.4) is 0 Å². The highest BCUT2D eigenvalue weighted by atomic mass is 14.8. The molecule has 0 fully saturated rings. The molecule has 1 aliphatic carbocycles. The minimum atomic E-state index is 0.426. The van der Waals surface area contributed by atoms with Gasteiger partial charge in [0.25, 0.3) is 0 Å². The molecule has 0 unspecified atom stereocenters. The van der Waals surface area contributed by atoms with E-state index in [-0.39, 0.29) is 0 Å². The Kier molecular flexibility index (Phi) is 4.03. The van der Waals surface area contributed by atoms with Crippen LogP contribution in [0.2, 0.25) is 0 Å². The Bertz CT molecular complexity index is 655. The Morgan fingerprint density at radius 3 is 2.71 bits per heavy atom. The lowest BCUT2D eigenvalue weighted by molar-refractivity contribution is 0.395. The Hall–Kier alpha value is -2.11. The molecular weight excluding hydrogens is 256 g/mol. The summed E-state index contributed by atoms with van der Waals surface area (Å²) in [5.41, 5.74) is 4.89. The molecule has 2 aromatic rings. The summed E-state index contributed by atoms with van der Waals surface area (Å²) >= 11 is 0. The predicted molar refractivity (Wildman–Crippen MR) is 85.2 cm³/mol. The molecule has 2 nitrogen and oxygen atoms in total. The number of benzene rings is 2. The largest absolute Gasteiger partial charge is 0.319 e. The zero-order valence-corrected chi connectivity index (χ0v) is 12.3. The number of rotatable bonds is 3. The van der Waals surface area contributed by atoms with Crippen LogP contribution >= 0.6 is 0 Å². The minimum absolute atomic E-state index is 0.426. The number of hydrogen-bond donors (Lipinski definition) is 1. The van der Waals surface area contributed by atoms with Gasteiger partial charge < -0.3 is 5.32 Å². The van der Waals surface area contributed by atoms with E-state index in [2.05, 4.69) is 53.9 Å². The monoisotopic (exact) mass is 276 g/mol. The van der Waals surface area contributed by atoms with E-state index in [1.165, 1.54) is 23.1 Å². The smallest absolute Gasteiger partial charge is 0.0991 e. The molecule has 0 heterocycles. The van der Waals surface area contributed by atoms with E-state index in [9.17, 15) is 0 Å². The Morgan fingerprint density at radius 2 is 2.00 bits per heavy atom. The van der Waals surface area contributed by atoms with Crippen LogP contribution in [0.15, 0.2) is 48.5 Å². The van der Waals surface area contributed by atoms with Gasteiger partial charge in [-0.05, 0) is 61.2 Å². The molecule has 0 saturated carbocycles. The molecule has 1 N–H and O–H groups in total. The summed E-state index contributed by atoms with van der Waals surface area (Å²) < 4.78 is 0.